The third-order valence-electron chi connectivity index (χ3n) is 5.35. The molecule has 1 heterocycles. The van der Waals surface area contributed by atoms with E-state index in [1.807, 2.05) is 0 Å². The minimum atomic E-state index is -4.22. The van der Waals surface area contributed by atoms with Crippen LogP contribution >= 0.6 is 11.6 Å². The maximum atomic E-state index is 14.2. The summed E-state index contributed by atoms with van der Waals surface area (Å²) in [6, 6.07) is 1.33. The molecule has 1 aliphatic heterocycles. The SMILES string of the molecule is CCOC(=O)C1=CC2(CCC1S(=O)(=O)Cc1c(F)cc(F)cc1Cl)O[C@H](CO)[C@@H](CO)O2. The monoisotopic (exact) mass is 496 g/mol. The smallest absolute Gasteiger partial charge is 0.335 e. The quantitative estimate of drug-likeness (QED) is 0.547. The second-order valence-electron chi connectivity index (χ2n) is 7.49. The number of aliphatic hydroxyl groups excluding tert-OH is 2. The van der Waals surface area contributed by atoms with E-state index in [0.717, 1.165) is 6.07 Å². The van der Waals surface area contributed by atoms with E-state index in [9.17, 15) is 32.2 Å². The number of carbonyl (C=O) groups excluding carboxylic acids is 1. The summed E-state index contributed by atoms with van der Waals surface area (Å²) < 4.78 is 70.3. The molecule has 0 aromatic heterocycles. The molecule has 0 saturated carbocycles. The van der Waals surface area contributed by atoms with Gasteiger partial charge in [-0.25, -0.2) is 22.0 Å². The van der Waals surface area contributed by atoms with E-state index in [0.29, 0.717) is 6.07 Å². The Kier molecular flexibility index (Phi) is 7.58. The van der Waals surface area contributed by atoms with Gasteiger partial charge >= 0.3 is 5.97 Å². The Morgan fingerprint density at radius 3 is 2.41 bits per heavy atom. The largest absolute Gasteiger partial charge is 0.463 e. The van der Waals surface area contributed by atoms with Crippen LogP contribution in [0.1, 0.15) is 25.3 Å². The van der Waals surface area contributed by atoms with Crippen molar-refractivity contribution < 1.29 is 46.4 Å². The van der Waals surface area contributed by atoms with E-state index in [-0.39, 0.29) is 30.0 Å². The third kappa shape index (κ3) is 4.97. The fraction of sp³-hybridized carbons (Fsp3) is 0.550. The summed E-state index contributed by atoms with van der Waals surface area (Å²) in [5.74, 6) is -5.40. The zero-order valence-corrected chi connectivity index (χ0v) is 18.7. The van der Waals surface area contributed by atoms with Gasteiger partial charge in [0, 0.05) is 18.1 Å². The number of aliphatic hydroxyl groups is 2. The number of rotatable bonds is 7. The summed E-state index contributed by atoms with van der Waals surface area (Å²) in [5.41, 5.74) is -0.683. The van der Waals surface area contributed by atoms with Gasteiger partial charge in [0.1, 0.15) is 23.8 Å². The van der Waals surface area contributed by atoms with Crippen LogP contribution in [-0.4, -0.2) is 67.7 Å². The summed E-state index contributed by atoms with van der Waals surface area (Å²) in [5, 5.41) is 17.1. The number of benzene rings is 1. The molecule has 2 N–H and O–H groups in total. The fourth-order valence-electron chi connectivity index (χ4n) is 3.87. The Morgan fingerprint density at radius 2 is 1.88 bits per heavy atom. The third-order valence-corrected chi connectivity index (χ3v) is 7.73. The second kappa shape index (κ2) is 9.70. The minimum Gasteiger partial charge on any atom is -0.463 e. The first-order chi connectivity index (χ1) is 15.1. The highest BCUT2D eigenvalue weighted by atomic mass is 35.5. The normalized spacial score (nSPS) is 25.1. The van der Waals surface area contributed by atoms with Crippen molar-refractivity contribution >= 4 is 27.4 Å². The molecule has 3 rings (SSSR count). The number of halogens is 3. The highest BCUT2D eigenvalue weighted by Crippen LogP contribution is 2.42. The Morgan fingerprint density at radius 1 is 1.25 bits per heavy atom. The molecule has 3 atom stereocenters. The van der Waals surface area contributed by atoms with Crippen molar-refractivity contribution in [3.8, 4) is 0 Å². The molecule has 1 fully saturated rings. The van der Waals surface area contributed by atoms with E-state index in [1.54, 1.807) is 6.92 Å². The van der Waals surface area contributed by atoms with Crippen LogP contribution in [0.15, 0.2) is 23.8 Å². The van der Waals surface area contributed by atoms with Crippen LogP contribution in [0.4, 0.5) is 8.78 Å². The average molecular weight is 497 g/mol. The maximum absolute atomic E-state index is 14.2. The van der Waals surface area contributed by atoms with Gasteiger partial charge in [0.15, 0.2) is 15.6 Å². The van der Waals surface area contributed by atoms with Crippen LogP contribution in [0, 0.1) is 11.6 Å². The van der Waals surface area contributed by atoms with E-state index < -0.39 is 75.2 Å². The van der Waals surface area contributed by atoms with Gasteiger partial charge in [0.05, 0.1) is 41.4 Å². The number of hydrogen-bond donors (Lipinski definition) is 2. The molecular formula is C20H23ClF2O8S. The van der Waals surface area contributed by atoms with E-state index >= 15 is 0 Å². The van der Waals surface area contributed by atoms with Crippen LogP contribution in [-0.2, 0) is 34.6 Å². The molecule has 1 aliphatic carbocycles. The lowest BCUT2D eigenvalue weighted by Crippen LogP contribution is -2.41. The molecule has 178 valence electrons. The molecular weight excluding hydrogens is 474 g/mol. The molecule has 32 heavy (non-hydrogen) atoms. The van der Waals surface area contributed by atoms with Gasteiger partial charge in [-0.15, -0.1) is 0 Å². The number of esters is 1. The maximum Gasteiger partial charge on any atom is 0.335 e. The van der Waals surface area contributed by atoms with Crippen LogP contribution in [0.3, 0.4) is 0 Å². The predicted octanol–water partition coefficient (Wildman–Crippen LogP) is 1.65. The summed E-state index contributed by atoms with van der Waals surface area (Å²) >= 11 is 5.85. The van der Waals surface area contributed by atoms with Crippen molar-refractivity contribution in [2.75, 3.05) is 19.8 Å². The first-order valence-electron chi connectivity index (χ1n) is 9.88. The predicted molar refractivity (Wildman–Crippen MR) is 108 cm³/mol. The number of ether oxygens (including phenoxy) is 3. The van der Waals surface area contributed by atoms with Gasteiger partial charge in [-0.3, -0.25) is 0 Å². The minimum absolute atomic E-state index is 0.0214. The molecule has 0 radical (unpaired) electrons. The molecule has 1 saturated heterocycles. The summed E-state index contributed by atoms with van der Waals surface area (Å²) in [6.07, 6.45) is -0.742. The fourth-order valence-corrected chi connectivity index (χ4v) is 6.13. The Labute approximate surface area is 188 Å². The van der Waals surface area contributed by atoms with E-state index in [4.69, 9.17) is 25.8 Å². The van der Waals surface area contributed by atoms with Gasteiger partial charge in [-0.1, -0.05) is 11.6 Å². The van der Waals surface area contributed by atoms with Crippen LogP contribution in [0.2, 0.25) is 5.02 Å². The topological polar surface area (TPSA) is 119 Å². The summed E-state index contributed by atoms with van der Waals surface area (Å²) in [4.78, 5) is 12.6. The van der Waals surface area contributed by atoms with Gasteiger partial charge in [-0.05, 0) is 25.5 Å². The molecule has 2 aliphatic rings. The van der Waals surface area contributed by atoms with Crippen molar-refractivity contribution in [2.45, 2.75) is 48.8 Å². The van der Waals surface area contributed by atoms with Gasteiger partial charge < -0.3 is 24.4 Å². The van der Waals surface area contributed by atoms with Gasteiger partial charge in [-0.2, -0.15) is 0 Å². The van der Waals surface area contributed by atoms with Crippen molar-refractivity contribution in [2.24, 2.45) is 0 Å². The van der Waals surface area contributed by atoms with E-state index in [2.05, 4.69) is 0 Å². The van der Waals surface area contributed by atoms with Crippen LogP contribution in [0.25, 0.3) is 0 Å². The summed E-state index contributed by atoms with van der Waals surface area (Å²) in [7, 11) is -4.22. The van der Waals surface area contributed by atoms with Crippen molar-refractivity contribution in [3.63, 3.8) is 0 Å². The Hall–Kier alpha value is -1.63. The first-order valence-corrected chi connectivity index (χ1v) is 12.0. The first kappa shape index (κ1) is 25.0. The zero-order valence-electron chi connectivity index (χ0n) is 17.1. The van der Waals surface area contributed by atoms with Crippen molar-refractivity contribution in [1.82, 2.24) is 0 Å². The Bertz CT molecular complexity index is 978. The molecule has 8 nitrogen and oxygen atoms in total. The molecule has 1 unspecified atom stereocenters. The molecule has 1 spiro atoms. The molecule has 1 aromatic carbocycles. The highest BCUT2D eigenvalue weighted by Gasteiger charge is 2.51. The van der Waals surface area contributed by atoms with Gasteiger partial charge in [0.25, 0.3) is 0 Å². The number of carbonyl (C=O) groups is 1. The zero-order chi connectivity index (χ0) is 23.7. The number of hydrogen-bond acceptors (Lipinski definition) is 8. The molecule has 1 aromatic rings. The summed E-state index contributed by atoms with van der Waals surface area (Å²) in [6.45, 7) is 0.592. The van der Waals surface area contributed by atoms with Crippen molar-refractivity contribution in [3.05, 3.63) is 46.0 Å². The highest BCUT2D eigenvalue weighted by molar-refractivity contribution is 7.91. The molecule has 0 bridgehead atoms. The van der Waals surface area contributed by atoms with Gasteiger partial charge in [0.2, 0.25) is 0 Å². The standard InChI is InChI=1S/C20H23ClF2O8S/c1-2-29-19(26)12-7-20(30-16(8-24)17(9-25)31-20)4-3-18(12)32(27,28)10-13-14(21)5-11(22)6-15(13)23/h5-7,16-18,24-25H,2-4,8-10H2,1H3/t16-,17-,18?/m1/s1. The second-order valence-corrected chi connectivity index (χ2v) is 10.1. The average Bonchev–Trinajstić information content (AvgIpc) is 3.07. The lowest BCUT2D eigenvalue weighted by Gasteiger charge is -2.33. The van der Waals surface area contributed by atoms with E-state index in [1.165, 1.54) is 6.08 Å². The number of sulfone groups is 1. The lowest BCUT2D eigenvalue weighted by atomic mass is 9.94. The molecule has 12 heteroatoms. The van der Waals surface area contributed by atoms with Crippen LogP contribution < -0.4 is 0 Å². The molecule has 0 amide bonds. The lowest BCUT2D eigenvalue weighted by molar-refractivity contribution is -0.154. The van der Waals surface area contributed by atoms with Crippen LogP contribution in [0.5, 0.6) is 0 Å². The Balaban J connectivity index is 1.98. The van der Waals surface area contributed by atoms with Crippen molar-refractivity contribution in [1.29, 1.82) is 0 Å².